The Morgan fingerprint density at radius 3 is 1.73 bits per heavy atom. The summed E-state index contributed by atoms with van der Waals surface area (Å²) in [6.07, 6.45) is -4.29. The minimum absolute atomic E-state index is 0.555. The Morgan fingerprint density at radius 2 is 1.47 bits per heavy atom. The molecule has 0 radical (unpaired) electrons. The van der Waals surface area contributed by atoms with Gasteiger partial charge in [-0.2, -0.15) is 0 Å². The molecule has 0 N–H and O–H groups in total. The van der Waals surface area contributed by atoms with Crippen molar-refractivity contribution >= 4 is 51.7 Å². The van der Waals surface area contributed by atoms with E-state index in [-0.39, 0.29) is 0 Å². The molecule has 0 aliphatic heterocycles. The summed E-state index contributed by atoms with van der Waals surface area (Å²) in [5.74, 6) is 0. The molecule has 1 aromatic rings. The van der Waals surface area contributed by atoms with E-state index in [1.165, 1.54) is 0 Å². The fourth-order valence-electron chi connectivity index (χ4n) is 1.08. The molecule has 0 spiro atoms. The van der Waals surface area contributed by atoms with Crippen LogP contribution in [0.3, 0.4) is 0 Å². The molecule has 86 valence electrons. The quantitative estimate of drug-likeness (QED) is 0.309. The van der Waals surface area contributed by atoms with Gasteiger partial charge in [-0.05, 0) is 0 Å². The van der Waals surface area contributed by atoms with Crippen molar-refractivity contribution in [2.75, 3.05) is 9.86 Å². The van der Waals surface area contributed by atoms with Gasteiger partial charge in [-0.1, -0.05) is 0 Å². The van der Waals surface area contributed by atoms with Crippen LogP contribution in [0.1, 0.15) is 5.56 Å². The molecular weight excluding hydrogens is 452 g/mol. The van der Waals surface area contributed by atoms with Crippen molar-refractivity contribution in [3.63, 3.8) is 0 Å². The molecular formula is C9H8Br2F3I. The van der Waals surface area contributed by atoms with E-state index >= 15 is 0 Å². The monoisotopic (exact) mass is 458 g/mol. The molecule has 0 unspecified atom stereocenters. The maximum absolute atomic E-state index is 12.5. The molecule has 0 saturated heterocycles. The van der Waals surface area contributed by atoms with Crippen LogP contribution in [-0.2, 0) is 6.18 Å². The first-order valence-corrected chi connectivity index (χ1v) is 10.8. The first-order chi connectivity index (χ1) is 6.73. The van der Waals surface area contributed by atoms with E-state index in [9.17, 15) is 13.2 Å². The molecule has 0 amide bonds. The topological polar surface area (TPSA) is 0 Å². The Labute approximate surface area is 110 Å². The fraction of sp³-hybridized carbons (Fsp3) is 0.333. The van der Waals surface area contributed by atoms with Crippen molar-refractivity contribution in [1.29, 1.82) is 0 Å². The predicted octanol–water partition coefficient (Wildman–Crippen LogP) is 5.17. The molecule has 0 atom stereocenters. The molecule has 0 aliphatic carbocycles. The second-order valence-electron chi connectivity index (χ2n) is 3.01. The SMILES string of the molecule is CI(C)c1c(Br)cc(C(F)(F)F)cc1Br. The van der Waals surface area contributed by atoms with Crippen LogP contribution >= 0.6 is 51.7 Å². The van der Waals surface area contributed by atoms with Crippen molar-refractivity contribution in [3.8, 4) is 0 Å². The molecule has 1 rings (SSSR count). The standard InChI is InChI=1S/C9H8Br2F3I/c1-15(2)8-6(10)3-5(4-7(8)11)9(12,13)14/h3-4H,1-2H3. The number of rotatable bonds is 1. The Balaban J connectivity index is 3.32. The van der Waals surface area contributed by atoms with Crippen LogP contribution in [0.25, 0.3) is 0 Å². The molecule has 15 heavy (non-hydrogen) atoms. The van der Waals surface area contributed by atoms with Gasteiger partial charge in [-0.15, -0.1) is 0 Å². The summed E-state index contributed by atoms with van der Waals surface area (Å²) in [6, 6.07) is 2.30. The van der Waals surface area contributed by atoms with Gasteiger partial charge >= 0.3 is 111 Å². The second kappa shape index (κ2) is 4.91. The number of halogens is 6. The third kappa shape index (κ3) is 3.33. The third-order valence-corrected chi connectivity index (χ3v) is 7.74. The molecule has 6 heteroatoms. The van der Waals surface area contributed by atoms with E-state index in [1.807, 2.05) is 0 Å². The first-order valence-electron chi connectivity index (χ1n) is 3.79. The fourth-order valence-corrected chi connectivity index (χ4v) is 8.66. The van der Waals surface area contributed by atoms with Crippen LogP contribution in [0.5, 0.6) is 0 Å². The molecule has 0 fully saturated rings. The van der Waals surface area contributed by atoms with Crippen LogP contribution in [0.2, 0.25) is 0 Å². The van der Waals surface area contributed by atoms with Crippen molar-refractivity contribution in [3.05, 3.63) is 30.2 Å². The summed E-state index contributed by atoms with van der Waals surface area (Å²) in [5.41, 5.74) is -0.622. The first kappa shape index (κ1) is 13.8. The summed E-state index contributed by atoms with van der Waals surface area (Å²) in [4.78, 5) is 4.17. The average molecular weight is 460 g/mol. The van der Waals surface area contributed by atoms with Crippen molar-refractivity contribution in [2.24, 2.45) is 0 Å². The summed E-state index contributed by atoms with van der Waals surface area (Å²) in [6.45, 7) is 0. The van der Waals surface area contributed by atoms with Gasteiger partial charge in [0.15, 0.2) is 0 Å². The van der Waals surface area contributed by atoms with Crippen LogP contribution in [0.4, 0.5) is 13.2 Å². The summed E-state index contributed by atoms with van der Waals surface area (Å²) < 4.78 is 39.5. The van der Waals surface area contributed by atoms with Crippen molar-refractivity contribution < 1.29 is 13.2 Å². The van der Waals surface area contributed by atoms with E-state index in [1.54, 1.807) is 0 Å². The summed E-state index contributed by atoms with van der Waals surface area (Å²) in [7, 11) is 0. The predicted molar refractivity (Wildman–Crippen MR) is 71.4 cm³/mol. The van der Waals surface area contributed by atoms with Crippen LogP contribution in [0.15, 0.2) is 21.1 Å². The second-order valence-corrected chi connectivity index (χ2v) is 10.1. The van der Waals surface area contributed by atoms with E-state index in [2.05, 4.69) is 41.7 Å². The van der Waals surface area contributed by atoms with Crippen molar-refractivity contribution in [1.82, 2.24) is 0 Å². The van der Waals surface area contributed by atoms with Gasteiger partial charge in [0, 0.05) is 0 Å². The molecule has 0 nitrogen and oxygen atoms in total. The van der Waals surface area contributed by atoms with Gasteiger partial charge in [0.1, 0.15) is 0 Å². The molecule has 0 heterocycles. The zero-order valence-electron chi connectivity index (χ0n) is 7.92. The number of hydrogen-bond acceptors (Lipinski definition) is 0. The van der Waals surface area contributed by atoms with Crippen LogP contribution in [-0.4, -0.2) is 9.86 Å². The van der Waals surface area contributed by atoms with E-state index < -0.39 is 31.6 Å². The van der Waals surface area contributed by atoms with Gasteiger partial charge in [-0.3, -0.25) is 0 Å². The number of hydrogen-bond donors (Lipinski definition) is 0. The third-order valence-electron chi connectivity index (χ3n) is 1.69. The Hall–Kier alpha value is 0.700. The molecule has 0 aliphatic rings. The van der Waals surface area contributed by atoms with Gasteiger partial charge in [-0.25, -0.2) is 0 Å². The van der Waals surface area contributed by atoms with Crippen molar-refractivity contribution in [2.45, 2.75) is 6.18 Å². The van der Waals surface area contributed by atoms with Gasteiger partial charge in [0.25, 0.3) is 0 Å². The zero-order valence-corrected chi connectivity index (χ0v) is 13.3. The average Bonchev–Trinajstić information content (AvgIpc) is 1.99. The normalized spacial score (nSPS) is 12.9. The van der Waals surface area contributed by atoms with E-state index in [4.69, 9.17) is 0 Å². The number of benzene rings is 1. The maximum atomic E-state index is 12.5. The van der Waals surface area contributed by atoms with Gasteiger partial charge in [0.2, 0.25) is 0 Å². The molecule has 0 aromatic heterocycles. The minimum atomic E-state index is -4.29. The molecule has 0 bridgehead atoms. The number of alkyl halides is 5. The van der Waals surface area contributed by atoms with Crippen LogP contribution < -0.4 is 0 Å². The Morgan fingerprint density at radius 1 is 1.07 bits per heavy atom. The Kier molecular flexibility index (Phi) is 4.51. The van der Waals surface area contributed by atoms with E-state index in [0.717, 1.165) is 15.7 Å². The Bertz CT molecular complexity index is 351. The molecule has 0 saturated carbocycles. The van der Waals surface area contributed by atoms with E-state index in [0.29, 0.717) is 8.95 Å². The summed E-state index contributed by atoms with van der Waals surface area (Å²) >= 11 is 5.09. The van der Waals surface area contributed by atoms with Gasteiger partial charge in [0.05, 0.1) is 0 Å². The zero-order chi connectivity index (χ0) is 11.8. The van der Waals surface area contributed by atoms with Gasteiger partial charge < -0.3 is 0 Å². The van der Waals surface area contributed by atoms with Crippen LogP contribution in [0, 0.1) is 3.57 Å². The molecule has 1 aromatic carbocycles. The summed E-state index contributed by atoms with van der Waals surface area (Å²) in [5, 5.41) is 0.